The largest absolute Gasteiger partial charge is 0.462 e. The van der Waals surface area contributed by atoms with Gasteiger partial charge in [-0.25, -0.2) is 0 Å². The molecular formula is C68H120O6. The summed E-state index contributed by atoms with van der Waals surface area (Å²) in [5.74, 6) is -0.866. The molecular weight excluding hydrogens is 913 g/mol. The molecule has 0 bridgehead atoms. The van der Waals surface area contributed by atoms with Crippen LogP contribution in [-0.2, 0) is 28.6 Å². The van der Waals surface area contributed by atoms with Crippen molar-refractivity contribution in [3.05, 3.63) is 72.9 Å². The molecule has 0 aliphatic carbocycles. The zero-order valence-electron chi connectivity index (χ0n) is 49.1. The van der Waals surface area contributed by atoms with Gasteiger partial charge in [0.2, 0.25) is 0 Å². The number of carbonyl (C=O) groups is 3. The Hall–Kier alpha value is -3.15. The molecule has 0 amide bonds. The Kier molecular flexibility index (Phi) is 59.7. The highest BCUT2D eigenvalue weighted by molar-refractivity contribution is 5.71. The normalized spacial score (nSPS) is 12.5. The second kappa shape index (κ2) is 62.4. The molecule has 0 radical (unpaired) electrons. The minimum atomic E-state index is -0.773. The van der Waals surface area contributed by atoms with E-state index in [1.54, 1.807) is 0 Å². The van der Waals surface area contributed by atoms with E-state index in [0.29, 0.717) is 19.3 Å². The Morgan fingerprint density at radius 1 is 0.284 bits per heavy atom. The van der Waals surface area contributed by atoms with E-state index < -0.39 is 6.10 Å². The monoisotopic (exact) mass is 1030 g/mol. The predicted molar refractivity (Wildman–Crippen MR) is 321 cm³/mol. The van der Waals surface area contributed by atoms with E-state index in [-0.39, 0.29) is 31.1 Å². The van der Waals surface area contributed by atoms with Gasteiger partial charge >= 0.3 is 17.9 Å². The van der Waals surface area contributed by atoms with Crippen molar-refractivity contribution >= 4 is 17.9 Å². The number of ether oxygens (including phenoxy) is 3. The van der Waals surface area contributed by atoms with Gasteiger partial charge in [0.25, 0.3) is 0 Å². The lowest BCUT2D eigenvalue weighted by Crippen LogP contribution is -2.30. The molecule has 428 valence electrons. The van der Waals surface area contributed by atoms with E-state index in [0.717, 1.165) is 89.9 Å². The predicted octanol–water partition coefficient (Wildman–Crippen LogP) is 21.7. The van der Waals surface area contributed by atoms with Crippen LogP contribution in [0.25, 0.3) is 0 Å². The van der Waals surface area contributed by atoms with E-state index in [4.69, 9.17) is 14.2 Å². The summed E-state index contributed by atoms with van der Waals surface area (Å²) < 4.78 is 16.9. The number of hydrogen-bond donors (Lipinski definition) is 0. The smallest absolute Gasteiger partial charge is 0.306 e. The van der Waals surface area contributed by atoms with Crippen LogP contribution in [0.5, 0.6) is 0 Å². The van der Waals surface area contributed by atoms with Crippen molar-refractivity contribution in [1.82, 2.24) is 0 Å². The first-order chi connectivity index (χ1) is 36.5. The number of carbonyl (C=O) groups excluding carboxylic acids is 3. The van der Waals surface area contributed by atoms with Crippen LogP contribution in [0.15, 0.2) is 72.9 Å². The van der Waals surface area contributed by atoms with E-state index in [1.807, 2.05) is 0 Å². The van der Waals surface area contributed by atoms with Crippen molar-refractivity contribution in [2.24, 2.45) is 0 Å². The van der Waals surface area contributed by atoms with Gasteiger partial charge in [-0.05, 0) is 89.9 Å². The number of allylic oxidation sites excluding steroid dienone is 12. The second-order valence-electron chi connectivity index (χ2n) is 21.3. The Morgan fingerprint density at radius 2 is 0.527 bits per heavy atom. The van der Waals surface area contributed by atoms with Crippen LogP contribution in [0.1, 0.15) is 323 Å². The van der Waals surface area contributed by atoms with Gasteiger partial charge in [0.05, 0.1) is 0 Å². The van der Waals surface area contributed by atoms with Gasteiger partial charge in [-0.15, -0.1) is 0 Å². The van der Waals surface area contributed by atoms with E-state index in [9.17, 15) is 14.4 Å². The summed E-state index contributed by atoms with van der Waals surface area (Å²) in [6, 6.07) is 0. The zero-order valence-corrected chi connectivity index (χ0v) is 49.1. The third-order valence-corrected chi connectivity index (χ3v) is 13.9. The molecule has 6 heteroatoms. The SMILES string of the molecule is CC/C=C\C/C=C\C/C=C\C/C=C\C/C=C\CCCCCCCCCCCCCCCC(=O)OCC(COC(=O)CCCCCCCCCC)OC(=O)CCCCCCCCCCC/C=C\CCCCCCCC. The van der Waals surface area contributed by atoms with Gasteiger partial charge in [-0.3, -0.25) is 14.4 Å². The van der Waals surface area contributed by atoms with Crippen molar-refractivity contribution in [3.8, 4) is 0 Å². The van der Waals surface area contributed by atoms with E-state index in [2.05, 4.69) is 93.7 Å². The zero-order chi connectivity index (χ0) is 53.6. The Labute approximate surface area is 459 Å². The van der Waals surface area contributed by atoms with Crippen LogP contribution in [0, 0.1) is 0 Å². The lowest BCUT2D eigenvalue weighted by Gasteiger charge is -2.18. The first-order valence-electron chi connectivity index (χ1n) is 31.9. The van der Waals surface area contributed by atoms with Gasteiger partial charge in [-0.1, -0.05) is 286 Å². The highest BCUT2D eigenvalue weighted by Crippen LogP contribution is 2.17. The van der Waals surface area contributed by atoms with Crippen molar-refractivity contribution in [2.75, 3.05) is 13.2 Å². The van der Waals surface area contributed by atoms with Crippen molar-refractivity contribution in [1.29, 1.82) is 0 Å². The fraction of sp³-hybridized carbons (Fsp3) is 0.779. The molecule has 0 N–H and O–H groups in total. The third-order valence-electron chi connectivity index (χ3n) is 13.9. The lowest BCUT2D eigenvalue weighted by molar-refractivity contribution is -0.167. The molecule has 0 saturated heterocycles. The van der Waals surface area contributed by atoms with Gasteiger partial charge < -0.3 is 14.2 Å². The molecule has 0 aromatic rings. The van der Waals surface area contributed by atoms with Crippen molar-refractivity contribution in [2.45, 2.75) is 329 Å². The number of esters is 3. The minimum Gasteiger partial charge on any atom is -0.462 e. The summed E-state index contributed by atoms with van der Waals surface area (Å²) in [6.45, 7) is 6.53. The fourth-order valence-corrected chi connectivity index (χ4v) is 9.17. The molecule has 0 aliphatic rings. The minimum absolute atomic E-state index is 0.0726. The van der Waals surface area contributed by atoms with E-state index in [1.165, 1.54) is 193 Å². The average Bonchev–Trinajstić information content (AvgIpc) is 3.40. The highest BCUT2D eigenvalue weighted by atomic mass is 16.6. The van der Waals surface area contributed by atoms with Crippen LogP contribution in [0.2, 0.25) is 0 Å². The molecule has 0 rings (SSSR count). The number of hydrogen-bond acceptors (Lipinski definition) is 6. The summed E-state index contributed by atoms with van der Waals surface area (Å²) in [5.41, 5.74) is 0. The van der Waals surface area contributed by atoms with E-state index >= 15 is 0 Å². The Balaban J connectivity index is 4.13. The van der Waals surface area contributed by atoms with Gasteiger partial charge in [0.15, 0.2) is 6.10 Å². The van der Waals surface area contributed by atoms with Crippen molar-refractivity contribution < 1.29 is 28.6 Å². The summed E-state index contributed by atoms with van der Waals surface area (Å²) in [6.07, 6.45) is 80.7. The molecule has 0 fully saturated rings. The molecule has 0 aromatic heterocycles. The van der Waals surface area contributed by atoms with Crippen LogP contribution in [0.3, 0.4) is 0 Å². The summed E-state index contributed by atoms with van der Waals surface area (Å²) >= 11 is 0. The Bertz CT molecular complexity index is 1370. The highest BCUT2D eigenvalue weighted by Gasteiger charge is 2.19. The summed E-state index contributed by atoms with van der Waals surface area (Å²) in [4.78, 5) is 38.1. The lowest BCUT2D eigenvalue weighted by atomic mass is 10.0. The van der Waals surface area contributed by atoms with Crippen molar-refractivity contribution in [3.63, 3.8) is 0 Å². The third kappa shape index (κ3) is 59.7. The summed E-state index contributed by atoms with van der Waals surface area (Å²) in [5, 5.41) is 0. The Morgan fingerprint density at radius 3 is 0.838 bits per heavy atom. The molecule has 1 atom stereocenters. The molecule has 6 nitrogen and oxygen atoms in total. The molecule has 0 heterocycles. The quantitative estimate of drug-likeness (QED) is 0.0261. The number of rotatable bonds is 58. The standard InChI is InChI=1S/C68H120O6/c1-4-7-10-13-16-19-21-23-25-27-29-30-31-32-33-34-35-36-37-38-40-41-43-45-47-49-52-55-58-61-67(70)73-64-65(63-72-66(69)60-57-54-51-18-15-12-9-6-3)74-68(71)62-59-56-53-50-48-46-44-42-39-28-26-24-22-20-17-14-11-8-5-2/h7,10,16,19,23-26,29-30,32-33,65H,4-6,8-9,11-15,17-18,20-22,27-28,31,34-64H2,1-3H3/b10-7-,19-16-,25-23-,26-24-,30-29-,33-32-. The molecule has 0 spiro atoms. The van der Waals surface area contributed by atoms with Crippen LogP contribution in [-0.4, -0.2) is 37.2 Å². The van der Waals surface area contributed by atoms with Gasteiger partial charge in [0, 0.05) is 19.3 Å². The van der Waals surface area contributed by atoms with Crippen LogP contribution < -0.4 is 0 Å². The summed E-state index contributed by atoms with van der Waals surface area (Å²) in [7, 11) is 0. The maximum absolute atomic E-state index is 12.9. The second-order valence-corrected chi connectivity index (χ2v) is 21.3. The van der Waals surface area contributed by atoms with Gasteiger partial charge in [0.1, 0.15) is 13.2 Å². The number of unbranched alkanes of at least 4 members (excludes halogenated alkanes) is 35. The molecule has 0 aliphatic heterocycles. The van der Waals surface area contributed by atoms with Crippen LogP contribution >= 0.6 is 0 Å². The molecule has 1 unspecified atom stereocenters. The molecule has 0 aromatic carbocycles. The maximum atomic E-state index is 12.9. The first-order valence-corrected chi connectivity index (χ1v) is 31.9. The first kappa shape index (κ1) is 70.8. The van der Waals surface area contributed by atoms with Crippen LogP contribution in [0.4, 0.5) is 0 Å². The average molecular weight is 1030 g/mol. The molecule has 0 saturated carbocycles. The fourth-order valence-electron chi connectivity index (χ4n) is 9.17. The topological polar surface area (TPSA) is 78.9 Å². The molecule has 74 heavy (non-hydrogen) atoms. The van der Waals surface area contributed by atoms with Gasteiger partial charge in [-0.2, -0.15) is 0 Å². The maximum Gasteiger partial charge on any atom is 0.306 e.